The summed E-state index contributed by atoms with van der Waals surface area (Å²) < 4.78 is 5.44. The van der Waals surface area contributed by atoms with Gasteiger partial charge in [0.1, 0.15) is 6.54 Å². The second kappa shape index (κ2) is 6.59. The molecule has 1 aliphatic heterocycles. The zero-order chi connectivity index (χ0) is 12.8. The third-order valence-electron chi connectivity index (χ3n) is 2.95. The van der Waals surface area contributed by atoms with Crippen molar-refractivity contribution in [2.75, 3.05) is 13.2 Å². The molecule has 5 heteroatoms. The predicted octanol–water partition coefficient (Wildman–Crippen LogP) is 1.27. The Morgan fingerprint density at radius 3 is 2.65 bits per heavy atom. The molecule has 1 unspecified atom stereocenters. The molecule has 0 radical (unpaired) electrons. The highest BCUT2D eigenvalue weighted by Crippen LogP contribution is 2.17. The summed E-state index contributed by atoms with van der Waals surface area (Å²) in [5.41, 5.74) is 0. The third-order valence-corrected chi connectivity index (χ3v) is 2.95. The monoisotopic (exact) mass is 243 g/mol. The number of hydrogen-bond donors (Lipinski definition) is 1. The number of amides is 1. The fourth-order valence-electron chi connectivity index (χ4n) is 2.00. The lowest BCUT2D eigenvalue weighted by molar-refractivity contribution is -0.146. The smallest absolute Gasteiger partial charge is 0.323 e. The van der Waals surface area contributed by atoms with E-state index in [4.69, 9.17) is 9.84 Å². The first-order valence-corrected chi connectivity index (χ1v) is 6.13. The van der Waals surface area contributed by atoms with Gasteiger partial charge in [-0.25, -0.2) is 0 Å². The van der Waals surface area contributed by atoms with E-state index in [1.54, 1.807) is 0 Å². The first kappa shape index (κ1) is 14.0. The molecule has 1 heterocycles. The first-order valence-electron chi connectivity index (χ1n) is 6.13. The van der Waals surface area contributed by atoms with Crippen molar-refractivity contribution in [3.63, 3.8) is 0 Å². The van der Waals surface area contributed by atoms with Gasteiger partial charge >= 0.3 is 5.97 Å². The molecule has 1 fully saturated rings. The van der Waals surface area contributed by atoms with E-state index in [-0.39, 0.29) is 24.6 Å². The van der Waals surface area contributed by atoms with Crippen molar-refractivity contribution in [1.29, 1.82) is 0 Å². The second-order valence-electron chi connectivity index (χ2n) is 4.68. The predicted molar refractivity (Wildman–Crippen MR) is 62.7 cm³/mol. The van der Waals surface area contributed by atoms with Crippen LogP contribution < -0.4 is 0 Å². The molecule has 98 valence electrons. The molecule has 0 saturated carbocycles. The quantitative estimate of drug-likeness (QED) is 0.762. The molecular weight excluding hydrogens is 222 g/mol. The largest absolute Gasteiger partial charge is 0.480 e. The molecule has 1 atom stereocenters. The molecule has 1 aliphatic rings. The molecule has 17 heavy (non-hydrogen) atoms. The molecule has 0 spiro atoms. The zero-order valence-corrected chi connectivity index (χ0v) is 10.5. The van der Waals surface area contributed by atoms with Crippen LogP contribution in [-0.4, -0.2) is 47.2 Å². The number of ether oxygens (including phenoxy) is 1. The summed E-state index contributed by atoms with van der Waals surface area (Å²) in [6.45, 7) is 4.21. The van der Waals surface area contributed by atoms with Gasteiger partial charge in [0, 0.05) is 19.1 Å². The van der Waals surface area contributed by atoms with Gasteiger partial charge < -0.3 is 14.7 Å². The van der Waals surface area contributed by atoms with E-state index in [1.807, 2.05) is 13.8 Å². The number of hydrogen-bond acceptors (Lipinski definition) is 3. The summed E-state index contributed by atoms with van der Waals surface area (Å²) in [5.74, 6) is -1.07. The van der Waals surface area contributed by atoms with Gasteiger partial charge in [-0.3, -0.25) is 9.59 Å². The Balaban J connectivity index is 2.38. The molecule has 1 saturated heterocycles. The number of carbonyl (C=O) groups excluding carboxylic acids is 1. The van der Waals surface area contributed by atoms with Crippen LogP contribution in [0, 0.1) is 0 Å². The fraction of sp³-hybridized carbons (Fsp3) is 0.833. The van der Waals surface area contributed by atoms with Gasteiger partial charge in [-0.1, -0.05) is 0 Å². The standard InChI is InChI=1S/C12H21NO4/c1-9(2)13(8-12(15)16)11(14)6-5-10-4-3-7-17-10/h9-10H,3-8H2,1-2H3,(H,15,16). The van der Waals surface area contributed by atoms with Gasteiger partial charge in [0.2, 0.25) is 5.91 Å². The lowest BCUT2D eigenvalue weighted by atomic mass is 10.1. The summed E-state index contributed by atoms with van der Waals surface area (Å²) in [5, 5.41) is 8.74. The highest BCUT2D eigenvalue weighted by molar-refractivity contribution is 5.81. The number of aliphatic carboxylic acids is 1. The molecule has 1 N–H and O–H groups in total. The molecule has 0 aromatic rings. The van der Waals surface area contributed by atoms with Crippen LogP contribution in [0.15, 0.2) is 0 Å². The molecule has 1 amide bonds. The summed E-state index contributed by atoms with van der Waals surface area (Å²) in [7, 11) is 0. The highest BCUT2D eigenvalue weighted by Gasteiger charge is 2.22. The maximum absolute atomic E-state index is 11.9. The minimum Gasteiger partial charge on any atom is -0.480 e. The van der Waals surface area contributed by atoms with Gasteiger partial charge in [0.25, 0.3) is 0 Å². The molecule has 0 bridgehead atoms. The van der Waals surface area contributed by atoms with E-state index in [1.165, 1.54) is 4.90 Å². The van der Waals surface area contributed by atoms with Gasteiger partial charge in [0.15, 0.2) is 0 Å². The summed E-state index contributed by atoms with van der Waals surface area (Å²) in [4.78, 5) is 23.9. The fourth-order valence-corrected chi connectivity index (χ4v) is 2.00. The Hall–Kier alpha value is -1.10. The molecule has 1 rings (SSSR count). The van der Waals surface area contributed by atoms with Crippen molar-refractivity contribution in [2.24, 2.45) is 0 Å². The lowest BCUT2D eigenvalue weighted by Crippen LogP contribution is -2.40. The van der Waals surface area contributed by atoms with E-state index in [2.05, 4.69) is 0 Å². The van der Waals surface area contributed by atoms with E-state index in [9.17, 15) is 9.59 Å². The van der Waals surface area contributed by atoms with Crippen LogP contribution in [0.3, 0.4) is 0 Å². The Morgan fingerprint density at radius 2 is 2.18 bits per heavy atom. The van der Waals surface area contributed by atoms with E-state index >= 15 is 0 Å². The zero-order valence-electron chi connectivity index (χ0n) is 10.5. The van der Waals surface area contributed by atoms with Crippen LogP contribution in [-0.2, 0) is 14.3 Å². The van der Waals surface area contributed by atoms with Crippen LogP contribution in [0.5, 0.6) is 0 Å². The minimum atomic E-state index is -0.968. The summed E-state index contributed by atoms with van der Waals surface area (Å²) in [6, 6.07) is -0.0805. The summed E-state index contributed by atoms with van der Waals surface area (Å²) in [6.07, 6.45) is 3.31. The third kappa shape index (κ3) is 4.73. The number of carbonyl (C=O) groups is 2. The van der Waals surface area contributed by atoms with Gasteiger partial charge in [-0.05, 0) is 33.1 Å². The lowest BCUT2D eigenvalue weighted by Gasteiger charge is -2.25. The van der Waals surface area contributed by atoms with Gasteiger partial charge in [-0.15, -0.1) is 0 Å². The molecule has 0 aliphatic carbocycles. The SMILES string of the molecule is CC(C)N(CC(=O)O)C(=O)CCC1CCCO1. The number of rotatable bonds is 6. The van der Waals surface area contributed by atoms with Crippen molar-refractivity contribution in [1.82, 2.24) is 4.90 Å². The second-order valence-corrected chi connectivity index (χ2v) is 4.68. The van der Waals surface area contributed by atoms with E-state index in [0.29, 0.717) is 12.8 Å². The Labute approximate surface area is 102 Å². The topological polar surface area (TPSA) is 66.8 Å². The van der Waals surface area contributed by atoms with E-state index < -0.39 is 5.97 Å². The first-order chi connectivity index (χ1) is 8.00. The van der Waals surface area contributed by atoms with Crippen LogP contribution in [0.4, 0.5) is 0 Å². The molecule has 0 aromatic heterocycles. The van der Waals surface area contributed by atoms with Gasteiger partial charge in [-0.2, -0.15) is 0 Å². The van der Waals surface area contributed by atoms with Crippen molar-refractivity contribution >= 4 is 11.9 Å². The van der Waals surface area contributed by atoms with Crippen molar-refractivity contribution < 1.29 is 19.4 Å². The minimum absolute atomic E-state index is 0.0805. The van der Waals surface area contributed by atoms with Crippen molar-refractivity contribution in [3.05, 3.63) is 0 Å². The van der Waals surface area contributed by atoms with Crippen LogP contribution in [0.1, 0.15) is 39.5 Å². The Morgan fingerprint density at radius 1 is 1.47 bits per heavy atom. The Kier molecular flexibility index (Phi) is 5.41. The van der Waals surface area contributed by atoms with Gasteiger partial charge in [0.05, 0.1) is 6.10 Å². The number of carboxylic acids is 1. The van der Waals surface area contributed by atoms with E-state index in [0.717, 1.165) is 19.4 Å². The maximum atomic E-state index is 11.9. The summed E-state index contributed by atoms with van der Waals surface area (Å²) >= 11 is 0. The molecule has 5 nitrogen and oxygen atoms in total. The molecular formula is C12H21NO4. The number of nitrogens with zero attached hydrogens (tertiary/aromatic N) is 1. The Bertz CT molecular complexity index is 272. The van der Waals surface area contributed by atoms with Crippen molar-refractivity contribution in [2.45, 2.75) is 51.7 Å². The van der Waals surface area contributed by atoms with Crippen LogP contribution >= 0.6 is 0 Å². The van der Waals surface area contributed by atoms with Crippen LogP contribution in [0.2, 0.25) is 0 Å². The average molecular weight is 243 g/mol. The highest BCUT2D eigenvalue weighted by atomic mass is 16.5. The number of carboxylic acid groups (broad SMARTS) is 1. The molecule has 0 aromatic carbocycles. The van der Waals surface area contributed by atoms with Crippen molar-refractivity contribution in [3.8, 4) is 0 Å². The van der Waals surface area contributed by atoms with Crippen LogP contribution in [0.25, 0.3) is 0 Å². The maximum Gasteiger partial charge on any atom is 0.323 e. The normalized spacial score (nSPS) is 19.6. The average Bonchev–Trinajstić information content (AvgIpc) is 2.74.